The molecule has 1 N–H and O–H groups in total. The zero-order valence-corrected chi connectivity index (χ0v) is 18.6. The van der Waals surface area contributed by atoms with Crippen molar-refractivity contribution in [3.8, 4) is 5.75 Å². The molecule has 0 fully saturated rings. The van der Waals surface area contributed by atoms with Crippen LogP contribution in [-0.4, -0.2) is 26.4 Å². The van der Waals surface area contributed by atoms with Crippen molar-refractivity contribution < 1.29 is 9.53 Å². The van der Waals surface area contributed by atoms with Crippen molar-refractivity contribution >= 4 is 34.1 Å². The van der Waals surface area contributed by atoms with Gasteiger partial charge in [-0.25, -0.2) is 0 Å². The molecule has 158 valence electrons. The standard InChI is InChI=1S/C24H24N4O2S/c1-16-8-11-19(12-9-16)25-23(29)15-31-24-27-26-22(28(24)3)14-30-21-13-10-18-6-4-5-7-20(18)17(21)2/h4-13H,14-15H2,1-3H3,(H,25,29). The lowest BCUT2D eigenvalue weighted by atomic mass is 10.0. The maximum absolute atomic E-state index is 12.2. The van der Waals surface area contributed by atoms with Crippen molar-refractivity contribution in [2.24, 2.45) is 7.05 Å². The molecule has 4 rings (SSSR count). The number of amides is 1. The van der Waals surface area contributed by atoms with Crippen LogP contribution in [-0.2, 0) is 18.4 Å². The Morgan fingerprint density at radius 1 is 1.03 bits per heavy atom. The average molecular weight is 433 g/mol. The molecule has 1 amide bonds. The summed E-state index contributed by atoms with van der Waals surface area (Å²) in [5.41, 5.74) is 3.04. The fourth-order valence-corrected chi connectivity index (χ4v) is 4.00. The molecule has 0 atom stereocenters. The number of fused-ring (bicyclic) bond motifs is 1. The van der Waals surface area contributed by atoms with Gasteiger partial charge in [0.1, 0.15) is 12.4 Å². The lowest BCUT2D eigenvalue weighted by Gasteiger charge is -2.11. The molecule has 1 heterocycles. The Labute approximate surface area is 185 Å². The van der Waals surface area contributed by atoms with E-state index in [9.17, 15) is 4.79 Å². The van der Waals surface area contributed by atoms with E-state index < -0.39 is 0 Å². The fraction of sp³-hybridized carbons (Fsp3) is 0.208. The minimum absolute atomic E-state index is 0.0820. The Hall–Kier alpha value is -3.32. The highest BCUT2D eigenvalue weighted by molar-refractivity contribution is 7.99. The SMILES string of the molecule is Cc1ccc(NC(=O)CSc2nnc(COc3ccc4ccccc4c3C)n2C)cc1. The van der Waals surface area contributed by atoms with Crippen LogP contribution < -0.4 is 10.1 Å². The lowest BCUT2D eigenvalue weighted by molar-refractivity contribution is -0.113. The molecular formula is C24H24N4O2S. The normalized spacial score (nSPS) is 10.9. The Kier molecular flexibility index (Phi) is 6.23. The van der Waals surface area contributed by atoms with E-state index in [1.165, 1.54) is 22.5 Å². The number of thioether (sulfide) groups is 1. The van der Waals surface area contributed by atoms with E-state index in [2.05, 4.69) is 40.6 Å². The molecule has 7 heteroatoms. The maximum atomic E-state index is 12.2. The first-order chi connectivity index (χ1) is 15.0. The van der Waals surface area contributed by atoms with Crippen LogP contribution in [0.2, 0.25) is 0 Å². The van der Waals surface area contributed by atoms with Gasteiger partial charge in [-0.05, 0) is 48.4 Å². The van der Waals surface area contributed by atoms with Gasteiger partial charge in [0, 0.05) is 12.7 Å². The van der Waals surface area contributed by atoms with Crippen LogP contribution in [0.15, 0.2) is 65.8 Å². The second kappa shape index (κ2) is 9.22. The van der Waals surface area contributed by atoms with E-state index >= 15 is 0 Å². The van der Waals surface area contributed by atoms with Crippen LogP contribution in [0.5, 0.6) is 5.75 Å². The van der Waals surface area contributed by atoms with Gasteiger partial charge < -0.3 is 14.6 Å². The minimum atomic E-state index is -0.0820. The average Bonchev–Trinajstić information content (AvgIpc) is 3.13. The highest BCUT2D eigenvalue weighted by Crippen LogP contribution is 2.27. The zero-order valence-electron chi connectivity index (χ0n) is 17.8. The van der Waals surface area contributed by atoms with Gasteiger partial charge in [-0.1, -0.05) is 59.8 Å². The fourth-order valence-electron chi connectivity index (χ4n) is 3.27. The summed E-state index contributed by atoms with van der Waals surface area (Å²) in [4.78, 5) is 12.2. The van der Waals surface area contributed by atoms with E-state index in [-0.39, 0.29) is 11.7 Å². The number of aryl methyl sites for hydroxylation is 2. The number of carbonyl (C=O) groups excluding carboxylic acids is 1. The van der Waals surface area contributed by atoms with Crippen LogP contribution >= 0.6 is 11.8 Å². The van der Waals surface area contributed by atoms with E-state index in [0.29, 0.717) is 17.6 Å². The number of rotatable bonds is 7. The summed E-state index contributed by atoms with van der Waals surface area (Å²) in [6.07, 6.45) is 0. The highest BCUT2D eigenvalue weighted by Gasteiger charge is 2.13. The Morgan fingerprint density at radius 3 is 2.61 bits per heavy atom. The number of ether oxygens (including phenoxy) is 1. The number of benzene rings is 3. The molecule has 3 aromatic carbocycles. The van der Waals surface area contributed by atoms with Gasteiger partial charge in [0.25, 0.3) is 0 Å². The molecule has 0 aliphatic carbocycles. The third-order valence-electron chi connectivity index (χ3n) is 5.10. The van der Waals surface area contributed by atoms with Crippen LogP contribution in [0.1, 0.15) is 17.0 Å². The Morgan fingerprint density at radius 2 is 1.81 bits per heavy atom. The Bertz CT molecular complexity index is 1220. The first-order valence-corrected chi connectivity index (χ1v) is 11.0. The number of carbonyl (C=O) groups is 1. The molecule has 6 nitrogen and oxygen atoms in total. The van der Waals surface area contributed by atoms with Crippen LogP contribution in [0.4, 0.5) is 5.69 Å². The molecule has 0 spiro atoms. The smallest absolute Gasteiger partial charge is 0.234 e. The maximum Gasteiger partial charge on any atom is 0.234 e. The summed E-state index contributed by atoms with van der Waals surface area (Å²) in [6, 6.07) is 20.0. The predicted octanol–water partition coefficient (Wildman–Crippen LogP) is 4.89. The van der Waals surface area contributed by atoms with E-state index in [0.717, 1.165) is 22.6 Å². The van der Waals surface area contributed by atoms with Crippen LogP contribution in [0.3, 0.4) is 0 Å². The molecule has 0 saturated heterocycles. The van der Waals surface area contributed by atoms with Crippen molar-refractivity contribution in [1.82, 2.24) is 14.8 Å². The van der Waals surface area contributed by atoms with Crippen LogP contribution in [0.25, 0.3) is 10.8 Å². The first kappa shape index (κ1) is 20.9. The number of hydrogen-bond acceptors (Lipinski definition) is 5. The van der Waals surface area contributed by atoms with Crippen LogP contribution in [0, 0.1) is 13.8 Å². The summed E-state index contributed by atoms with van der Waals surface area (Å²) in [6.45, 7) is 4.37. The van der Waals surface area contributed by atoms with Crippen molar-refractivity contribution in [3.63, 3.8) is 0 Å². The first-order valence-electron chi connectivity index (χ1n) is 10.00. The quantitative estimate of drug-likeness (QED) is 0.421. The molecule has 0 unspecified atom stereocenters. The summed E-state index contributed by atoms with van der Waals surface area (Å²) in [7, 11) is 1.88. The summed E-state index contributed by atoms with van der Waals surface area (Å²) in [5.74, 6) is 1.70. The number of nitrogens with zero attached hydrogens (tertiary/aromatic N) is 3. The molecule has 0 aliphatic rings. The lowest BCUT2D eigenvalue weighted by Crippen LogP contribution is -2.14. The van der Waals surface area contributed by atoms with Gasteiger partial charge in [-0.3, -0.25) is 4.79 Å². The summed E-state index contributed by atoms with van der Waals surface area (Å²) < 4.78 is 7.89. The second-order valence-electron chi connectivity index (χ2n) is 7.36. The molecule has 0 radical (unpaired) electrons. The molecule has 0 bridgehead atoms. The third-order valence-corrected chi connectivity index (χ3v) is 6.12. The summed E-state index contributed by atoms with van der Waals surface area (Å²) >= 11 is 1.35. The highest BCUT2D eigenvalue weighted by atomic mass is 32.2. The Balaban J connectivity index is 1.35. The number of hydrogen-bond donors (Lipinski definition) is 1. The van der Waals surface area contributed by atoms with Crippen molar-refractivity contribution in [2.45, 2.75) is 25.6 Å². The topological polar surface area (TPSA) is 69.0 Å². The number of nitrogens with one attached hydrogen (secondary N) is 1. The van der Waals surface area contributed by atoms with Gasteiger partial charge in [-0.15, -0.1) is 10.2 Å². The van der Waals surface area contributed by atoms with E-state index in [1.54, 1.807) is 0 Å². The second-order valence-corrected chi connectivity index (χ2v) is 8.30. The van der Waals surface area contributed by atoms with Gasteiger partial charge >= 0.3 is 0 Å². The molecule has 4 aromatic rings. The monoisotopic (exact) mass is 432 g/mol. The van der Waals surface area contributed by atoms with Gasteiger partial charge in [0.05, 0.1) is 5.75 Å². The molecule has 31 heavy (non-hydrogen) atoms. The number of anilines is 1. The van der Waals surface area contributed by atoms with Gasteiger partial charge in [0.15, 0.2) is 11.0 Å². The van der Waals surface area contributed by atoms with E-state index in [1.807, 2.05) is 61.0 Å². The van der Waals surface area contributed by atoms with Gasteiger partial charge in [-0.2, -0.15) is 0 Å². The molecule has 1 aromatic heterocycles. The van der Waals surface area contributed by atoms with Crippen molar-refractivity contribution in [2.75, 3.05) is 11.1 Å². The largest absolute Gasteiger partial charge is 0.485 e. The minimum Gasteiger partial charge on any atom is -0.485 e. The zero-order chi connectivity index (χ0) is 21.8. The van der Waals surface area contributed by atoms with E-state index in [4.69, 9.17) is 4.74 Å². The van der Waals surface area contributed by atoms with Crippen molar-refractivity contribution in [1.29, 1.82) is 0 Å². The summed E-state index contributed by atoms with van der Waals surface area (Å²) in [5, 5.41) is 14.4. The molecule has 0 saturated carbocycles. The third kappa shape index (κ3) is 4.88. The van der Waals surface area contributed by atoms with Gasteiger partial charge in [0.2, 0.25) is 5.91 Å². The molecular weight excluding hydrogens is 408 g/mol. The number of aromatic nitrogens is 3. The molecule has 0 aliphatic heterocycles. The predicted molar refractivity (Wildman–Crippen MR) is 125 cm³/mol. The van der Waals surface area contributed by atoms with Crippen molar-refractivity contribution in [3.05, 3.63) is 77.6 Å².